The molecule has 0 bridgehead atoms. The number of Topliss-reactive ketones (excluding diaryl/α,β-unsaturated/α-hetero) is 1. The SMILES string of the molecule is CC(C)(N)c1coc(S(=O)(=O)N[Si](C)(C)C(C)(C)C)c1.CC(c1ccc2c(c1CC(=O)CS(=N)(=O)c1cc(C(C)(C)O)co1)CCC2)C1CCC1.CC(c1ccc2c(c1CC(=O)N=S(C)(=O)c1cc(C(C)(C)O)co1)CCC2)C1CCC1.CC(c1ccc2c(c1N)CCC2)C1CCC1. The summed E-state index contributed by atoms with van der Waals surface area (Å²) in [5.41, 5.74) is 26.5. The summed E-state index contributed by atoms with van der Waals surface area (Å²) in [7, 11) is -12.3. The van der Waals surface area contributed by atoms with Crippen LogP contribution >= 0.6 is 0 Å². The second-order valence-corrected chi connectivity index (χ2v) is 43.7. The number of anilines is 1. The number of sulfonamides is 1. The van der Waals surface area contributed by atoms with Crippen molar-refractivity contribution in [1.82, 2.24) is 4.39 Å². The highest BCUT2D eigenvalue weighted by Gasteiger charge is 2.41. The van der Waals surface area contributed by atoms with Crippen LogP contribution in [-0.2, 0) is 107 Å². The molecule has 1 amide bonds. The van der Waals surface area contributed by atoms with Crippen LogP contribution in [0.4, 0.5) is 5.69 Å². The molecule has 5 unspecified atom stereocenters. The van der Waals surface area contributed by atoms with Gasteiger partial charge in [0.15, 0.2) is 16.0 Å². The number of nitrogens with one attached hydrogen (secondary N) is 2. The van der Waals surface area contributed by atoms with E-state index in [9.17, 15) is 36.6 Å². The van der Waals surface area contributed by atoms with Crippen LogP contribution in [0.15, 0.2) is 106 Å². The van der Waals surface area contributed by atoms with Crippen LogP contribution in [0.2, 0.25) is 18.1 Å². The average molecular weight is 1420 g/mol. The third-order valence-electron chi connectivity index (χ3n) is 22.7. The van der Waals surface area contributed by atoms with Gasteiger partial charge in [0, 0.05) is 58.8 Å². The fraction of sp³-hybridized carbons (Fsp3) is 0.590. The van der Waals surface area contributed by atoms with E-state index in [1.54, 1.807) is 41.5 Å². The molecule has 3 fully saturated rings. The van der Waals surface area contributed by atoms with Gasteiger partial charge < -0.3 is 34.9 Å². The molecule has 6 aliphatic carbocycles. The van der Waals surface area contributed by atoms with E-state index in [1.807, 2.05) is 33.9 Å². The Kier molecular flexibility index (Phi) is 23.4. The Bertz CT molecular complexity index is 4220. The Labute approximate surface area is 586 Å². The number of ketones is 1. The minimum atomic E-state index is -3.65. The summed E-state index contributed by atoms with van der Waals surface area (Å²) >= 11 is 0. The van der Waals surface area contributed by atoms with Crippen molar-refractivity contribution in [3.8, 4) is 0 Å². The molecule has 20 heteroatoms. The summed E-state index contributed by atoms with van der Waals surface area (Å²) < 4.78 is 82.2. The molecule has 0 aliphatic heterocycles. The van der Waals surface area contributed by atoms with Crippen molar-refractivity contribution in [1.29, 1.82) is 4.78 Å². The predicted molar refractivity (Wildman–Crippen MR) is 395 cm³/mol. The summed E-state index contributed by atoms with van der Waals surface area (Å²) in [6.07, 6.45) is 27.8. The lowest BCUT2D eigenvalue weighted by molar-refractivity contribution is -0.117. The van der Waals surface area contributed by atoms with Crippen LogP contribution in [0.25, 0.3) is 0 Å². The molecule has 3 saturated carbocycles. The van der Waals surface area contributed by atoms with E-state index in [2.05, 4.69) is 65.9 Å². The number of hydrogen-bond acceptors (Lipinski definition) is 14. The third kappa shape index (κ3) is 17.9. The fourth-order valence-corrected chi connectivity index (χ4v) is 21.5. The quantitative estimate of drug-likeness (QED) is 0.0307. The molecule has 538 valence electrons. The Morgan fingerprint density at radius 2 is 0.969 bits per heavy atom. The molecule has 3 aromatic heterocycles. The number of nitrogens with zero attached hydrogens (tertiary/aromatic N) is 1. The highest BCUT2D eigenvalue weighted by molar-refractivity contribution is 7.93. The van der Waals surface area contributed by atoms with Crippen molar-refractivity contribution in [3.63, 3.8) is 0 Å². The fourth-order valence-electron chi connectivity index (χ4n) is 14.4. The monoisotopic (exact) mass is 1420 g/mol. The van der Waals surface area contributed by atoms with Crippen LogP contribution in [0.3, 0.4) is 0 Å². The first kappa shape index (κ1) is 76.7. The van der Waals surface area contributed by atoms with E-state index >= 15 is 0 Å². The molecule has 0 radical (unpaired) electrons. The van der Waals surface area contributed by atoms with Crippen molar-refractivity contribution in [2.75, 3.05) is 17.7 Å². The molecule has 0 spiro atoms. The second kappa shape index (κ2) is 29.9. The number of hydrogen-bond donors (Lipinski definition) is 6. The van der Waals surface area contributed by atoms with E-state index in [0.717, 1.165) is 61.3 Å². The van der Waals surface area contributed by atoms with Crippen molar-refractivity contribution >= 4 is 55.1 Å². The molecule has 98 heavy (non-hydrogen) atoms. The van der Waals surface area contributed by atoms with Crippen molar-refractivity contribution in [2.45, 2.75) is 279 Å². The van der Waals surface area contributed by atoms with Gasteiger partial charge in [-0.25, -0.2) is 26.0 Å². The molecular formula is C78H113N5O11S3Si. The number of aliphatic hydroxyl groups is 2. The normalized spacial score (nSPS) is 18.8. The molecule has 16 nitrogen and oxygen atoms in total. The van der Waals surface area contributed by atoms with E-state index in [4.69, 9.17) is 29.5 Å². The number of carbonyl (C=O) groups is 2. The summed E-state index contributed by atoms with van der Waals surface area (Å²) in [5, 5.41) is 20.2. The smallest absolute Gasteiger partial charge is 0.268 e. The van der Waals surface area contributed by atoms with Gasteiger partial charge in [0.2, 0.25) is 5.09 Å². The lowest BCUT2D eigenvalue weighted by atomic mass is 9.72. The Morgan fingerprint density at radius 1 is 0.582 bits per heavy atom. The largest absolute Gasteiger partial charge is 0.454 e. The van der Waals surface area contributed by atoms with Crippen LogP contribution in [0.5, 0.6) is 0 Å². The van der Waals surface area contributed by atoms with Gasteiger partial charge in [-0.05, 0) is 240 Å². The predicted octanol–water partition coefficient (Wildman–Crippen LogP) is 16.7. The second-order valence-electron chi connectivity index (χ2n) is 32.5. The first-order valence-corrected chi connectivity index (χ1v) is 43.9. The van der Waals surface area contributed by atoms with E-state index in [1.165, 1.54) is 170 Å². The van der Waals surface area contributed by atoms with Crippen molar-refractivity contribution in [3.05, 3.63) is 151 Å². The Hall–Kier alpha value is -5.45. The molecule has 0 saturated heterocycles. The van der Waals surface area contributed by atoms with Gasteiger partial charge in [-0.2, -0.15) is 4.36 Å². The maximum atomic E-state index is 13.2. The Morgan fingerprint density at radius 3 is 1.39 bits per heavy atom. The molecule has 3 heterocycles. The lowest BCUT2D eigenvalue weighted by Gasteiger charge is -2.36. The van der Waals surface area contributed by atoms with Gasteiger partial charge in [-0.1, -0.05) is 110 Å². The highest BCUT2D eigenvalue weighted by atomic mass is 32.2. The zero-order chi connectivity index (χ0) is 71.9. The number of amides is 1. The number of furan rings is 3. The van der Waals surface area contributed by atoms with Crippen LogP contribution in [-0.4, -0.2) is 59.0 Å². The molecule has 8 N–H and O–H groups in total. The molecular weight excluding hydrogens is 1310 g/mol. The Balaban J connectivity index is 0.000000158. The van der Waals surface area contributed by atoms with Crippen LogP contribution in [0.1, 0.15) is 256 Å². The summed E-state index contributed by atoms with van der Waals surface area (Å²) in [5.74, 6) is 2.82. The van der Waals surface area contributed by atoms with E-state index in [-0.39, 0.29) is 50.6 Å². The van der Waals surface area contributed by atoms with Crippen LogP contribution < -0.4 is 15.9 Å². The lowest BCUT2D eigenvalue weighted by Crippen LogP contribution is -2.54. The van der Waals surface area contributed by atoms with E-state index < -0.39 is 54.5 Å². The average Bonchev–Trinajstić information content (AvgIpc) is 1.10. The maximum Gasteiger partial charge on any atom is 0.268 e. The first-order chi connectivity index (χ1) is 45.6. The van der Waals surface area contributed by atoms with Gasteiger partial charge >= 0.3 is 0 Å². The summed E-state index contributed by atoms with van der Waals surface area (Å²) in [6, 6.07) is 18.0. The zero-order valence-electron chi connectivity index (χ0n) is 61.1. The number of benzene rings is 3. The van der Waals surface area contributed by atoms with Crippen molar-refractivity contribution in [2.24, 2.45) is 27.9 Å². The summed E-state index contributed by atoms with van der Waals surface area (Å²) in [6.45, 7) is 27.0. The molecule has 12 rings (SSSR count). The number of rotatable bonds is 20. The van der Waals surface area contributed by atoms with Gasteiger partial charge in [-0.15, -0.1) is 0 Å². The number of nitrogens with two attached hydrogens (primary N) is 2. The number of aryl methyl sites for hydroxylation is 3. The number of carbonyl (C=O) groups excluding carboxylic acids is 2. The first-order valence-electron chi connectivity index (χ1n) is 35.8. The third-order valence-corrected chi connectivity index (χ3v) is 33.4. The van der Waals surface area contributed by atoms with Crippen molar-refractivity contribution < 1.29 is 49.9 Å². The summed E-state index contributed by atoms with van der Waals surface area (Å²) in [4.78, 5) is 26.0. The molecule has 6 aromatic rings. The van der Waals surface area contributed by atoms with Gasteiger partial charge in [0.05, 0.1) is 42.2 Å². The minimum Gasteiger partial charge on any atom is -0.454 e. The number of nitrogen functional groups attached to an aromatic ring is 1. The molecule has 3 aromatic carbocycles. The zero-order valence-corrected chi connectivity index (χ0v) is 64.6. The topological polar surface area (TPSA) is 283 Å². The standard InChI is InChI=1S/2C25H33NO4S.C15H21N.C13H26N2O3SSi/c1-16(17-7-5-8-17)20-12-11-18-9-6-10-21(18)22(20)14-23(27)26-31(4,29)24-13-19(15-30-24)25(2,3)28;1-16(17-6-4-7-17)21-11-10-18-8-5-9-22(18)23(21)13-20(27)15-31(26,29)24-12-19(14-30-24)25(2,3)28;1-10(11-4-2-5-11)13-9-8-12-6-3-7-14(12)15(13)16;1-12(2,3)20(6,7)15-19(16,17)11-8-10(9-18-11)13(4,5)14/h11-13,15-17,28H,5-10,14H2,1-4H3;10-12,14,16-17,26,28H,4-9,13,15H2,1-3H3;8-11H,2-7,16H2,1H3;8-9,15H,14H2,1-7H3. The molecule has 5 atom stereocenters. The van der Waals surface area contributed by atoms with Crippen LogP contribution in [0, 0.1) is 22.5 Å². The van der Waals surface area contributed by atoms with Gasteiger partial charge in [-0.3, -0.25) is 9.59 Å². The van der Waals surface area contributed by atoms with E-state index in [0.29, 0.717) is 46.3 Å². The maximum absolute atomic E-state index is 13.2. The van der Waals surface area contributed by atoms with Gasteiger partial charge in [0.1, 0.15) is 27.7 Å². The molecule has 6 aliphatic rings. The van der Waals surface area contributed by atoms with Gasteiger partial charge in [0.25, 0.3) is 15.9 Å². The minimum absolute atomic E-state index is 0.0423. The highest BCUT2D eigenvalue weighted by Crippen LogP contribution is 2.46. The number of fused-ring (bicyclic) bond motifs is 3.